The fourth-order valence-corrected chi connectivity index (χ4v) is 4.31. The molecule has 4 rings (SSSR count). The number of likely N-dealkylation sites (tertiary alicyclic amines) is 1. The van der Waals surface area contributed by atoms with E-state index in [1.165, 1.54) is 31.9 Å². The van der Waals surface area contributed by atoms with Crippen molar-refractivity contribution < 1.29 is 23.4 Å². The fraction of sp³-hybridized carbons (Fsp3) is 0.370. The number of benzene rings is 2. The summed E-state index contributed by atoms with van der Waals surface area (Å²) in [6.45, 7) is 2.46. The third-order valence-electron chi connectivity index (χ3n) is 6.39. The lowest BCUT2D eigenvalue weighted by Crippen LogP contribution is -2.41. The number of methoxy groups -OCH3 is 3. The molecule has 0 saturated carbocycles. The number of hydrogen-bond donors (Lipinski definition) is 1. The van der Waals surface area contributed by atoms with Crippen LogP contribution >= 0.6 is 0 Å². The zero-order valence-electron chi connectivity index (χ0n) is 20.7. The van der Waals surface area contributed by atoms with E-state index in [2.05, 4.69) is 32.3 Å². The number of ether oxygens (including phenoxy) is 3. The first-order valence-electron chi connectivity index (χ1n) is 11.9. The van der Waals surface area contributed by atoms with Crippen LogP contribution in [-0.2, 0) is 11.3 Å². The molecular formula is C27H31FN4O4. The van der Waals surface area contributed by atoms with Gasteiger partial charge in [0.25, 0.3) is 0 Å². The van der Waals surface area contributed by atoms with Crippen molar-refractivity contribution in [2.45, 2.75) is 25.4 Å². The van der Waals surface area contributed by atoms with Crippen molar-refractivity contribution in [2.75, 3.05) is 34.4 Å². The van der Waals surface area contributed by atoms with E-state index in [-0.39, 0.29) is 17.6 Å². The van der Waals surface area contributed by atoms with Crippen molar-refractivity contribution >= 4 is 5.91 Å². The summed E-state index contributed by atoms with van der Waals surface area (Å²) in [5.74, 6) is 1.17. The van der Waals surface area contributed by atoms with Crippen molar-refractivity contribution in [3.8, 4) is 17.5 Å². The second-order valence-electron chi connectivity index (χ2n) is 8.70. The molecular weight excluding hydrogens is 463 g/mol. The minimum absolute atomic E-state index is 0.0844. The molecule has 1 aliphatic rings. The van der Waals surface area contributed by atoms with Crippen molar-refractivity contribution in [1.29, 1.82) is 0 Å². The number of nitrogens with zero attached hydrogens (tertiary/aromatic N) is 3. The Bertz CT molecular complexity index is 1130. The lowest BCUT2D eigenvalue weighted by Gasteiger charge is -2.32. The van der Waals surface area contributed by atoms with Gasteiger partial charge < -0.3 is 19.5 Å². The second kappa shape index (κ2) is 11.8. The molecule has 0 spiro atoms. The van der Waals surface area contributed by atoms with Gasteiger partial charge in [-0.3, -0.25) is 9.69 Å². The molecule has 2 heterocycles. The number of rotatable bonds is 9. The molecule has 0 aliphatic carbocycles. The first-order valence-corrected chi connectivity index (χ1v) is 11.9. The SMILES string of the molecule is COc1ccc(CN2CCC(C(=O)NC(c3ccc(F)cc3)c3nc(OC)cc(OC)n3)CC2)cc1. The molecule has 1 unspecified atom stereocenters. The normalized spacial score (nSPS) is 15.2. The van der Waals surface area contributed by atoms with Crippen molar-refractivity contribution in [2.24, 2.45) is 5.92 Å². The predicted octanol–water partition coefficient (Wildman–Crippen LogP) is 3.76. The highest BCUT2D eigenvalue weighted by Crippen LogP contribution is 2.27. The number of carbonyl (C=O) groups is 1. The lowest BCUT2D eigenvalue weighted by atomic mass is 9.94. The molecule has 0 radical (unpaired) electrons. The number of halogens is 1. The Kier molecular flexibility index (Phi) is 8.32. The fourth-order valence-electron chi connectivity index (χ4n) is 4.31. The number of amides is 1. The van der Waals surface area contributed by atoms with Crippen LogP contribution in [0.2, 0.25) is 0 Å². The van der Waals surface area contributed by atoms with Gasteiger partial charge in [-0.15, -0.1) is 0 Å². The molecule has 1 atom stereocenters. The van der Waals surface area contributed by atoms with Crippen molar-refractivity contribution in [1.82, 2.24) is 20.2 Å². The van der Waals surface area contributed by atoms with Crippen LogP contribution in [0.5, 0.6) is 17.5 Å². The summed E-state index contributed by atoms with van der Waals surface area (Å²) >= 11 is 0. The molecule has 1 saturated heterocycles. The predicted molar refractivity (Wildman–Crippen MR) is 133 cm³/mol. The van der Waals surface area contributed by atoms with Gasteiger partial charge in [0, 0.05) is 12.5 Å². The molecule has 1 aliphatic heterocycles. The van der Waals surface area contributed by atoms with E-state index in [1.54, 1.807) is 25.3 Å². The van der Waals surface area contributed by atoms with Crippen LogP contribution in [-0.4, -0.2) is 55.2 Å². The molecule has 3 aromatic rings. The maximum atomic E-state index is 13.6. The molecule has 1 N–H and O–H groups in total. The molecule has 2 aromatic carbocycles. The molecule has 190 valence electrons. The van der Waals surface area contributed by atoms with Crippen LogP contribution < -0.4 is 19.5 Å². The van der Waals surface area contributed by atoms with E-state index in [4.69, 9.17) is 14.2 Å². The van der Waals surface area contributed by atoms with E-state index < -0.39 is 6.04 Å². The average Bonchev–Trinajstić information content (AvgIpc) is 2.92. The Hall–Kier alpha value is -3.72. The highest BCUT2D eigenvalue weighted by atomic mass is 19.1. The lowest BCUT2D eigenvalue weighted by molar-refractivity contribution is -0.127. The average molecular weight is 495 g/mol. The highest BCUT2D eigenvalue weighted by Gasteiger charge is 2.29. The Morgan fingerprint density at radius 2 is 1.58 bits per heavy atom. The van der Waals surface area contributed by atoms with Gasteiger partial charge in [-0.2, -0.15) is 9.97 Å². The summed E-state index contributed by atoms with van der Waals surface area (Å²) < 4.78 is 29.4. The molecule has 0 bridgehead atoms. The molecule has 1 amide bonds. The van der Waals surface area contributed by atoms with Crippen LogP contribution in [0.4, 0.5) is 4.39 Å². The van der Waals surface area contributed by atoms with Crippen LogP contribution in [0.25, 0.3) is 0 Å². The van der Waals surface area contributed by atoms with E-state index in [0.29, 0.717) is 23.1 Å². The Balaban J connectivity index is 1.45. The van der Waals surface area contributed by atoms with Gasteiger partial charge >= 0.3 is 0 Å². The van der Waals surface area contributed by atoms with E-state index >= 15 is 0 Å². The van der Waals surface area contributed by atoms with Gasteiger partial charge in [0.15, 0.2) is 5.82 Å². The van der Waals surface area contributed by atoms with Crippen LogP contribution in [0.3, 0.4) is 0 Å². The Labute approximate surface area is 210 Å². The Morgan fingerprint density at radius 3 is 2.14 bits per heavy atom. The van der Waals surface area contributed by atoms with E-state index in [0.717, 1.165) is 38.2 Å². The molecule has 1 fully saturated rings. The molecule has 1 aromatic heterocycles. The third-order valence-corrected chi connectivity index (χ3v) is 6.39. The summed E-state index contributed by atoms with van der Waals surface area (Å²) in [5.41, 5.74) is 1.87. The topological polar surface area (TPSA) is 85.8 Å². The van der Waals surface area contributed by atoms with Gasteiger partial charge in [-0.25, -0.2) is 4.39 Å². The zero-order chi connectivity index (χ0) is 25.5. The van der Waals surface area contributed by atoms with Gasteiger partial charge in [0.05, 0.1) is 27.4 Å². The first-order chi connectivity index (χ1) is 17.5. The van der Waals surface area contributed by atoms with Crippen molar-refractivity contribution in [3.05, 3.63) is 77.4 Å². The maximum absolute atomic E-state index is 13.6. The molecule has 36 heavy (non-hydrogen) atoms. The molecule has 9 heteroatoms. The van der Waals surface area contributed by atoms with Gasteiger partial charge in [-0.1, -0.05) is 24.3 Å². The minimum atomic E-state index is -0.681. The second-order valence-corrected chi connectivity index (χ2v) is 8.70. The highest BCUT2D eigenvalue weighted by molar-refractivity contribution is 5.79. The van der Waals surface area contributed by atoms with E-state index in [1.807, 2.05) is 12.1 Å². The van der Waals surface area contributed by atoms with Gasteiger partial charge in [-0.05, 0) is 61.3 Å². The van der Waals surface area contributed by atoms with Gasteiger partial charge in [0.2, 0.25) is 17.7 Å². The van der Waals surface area contributed by atoms with Crippen molar-refractivity contribution in [3.63, 3.8) is 0 Å². The van der Waals surface area contributed by atoms with Crippen LogP contribution in [0.15, 0.2) is 54.6 Å². The Morgan fingerprint density at radius 1 is 0.972 bits per heavy atom. The monoisotopic (exact) mass is 494 g/mol. The third kappa shape index (κ3) is 6.28. The number of piperidine rings is 1. The summed E-state index contributed by atoms with van der Waals surface area (Å²) in [6, 6.07) is 14.9. The minimum Gasteiger partial charge on any atom is -0.497 e. The van der Waals surface area contributed by atoms with Gasteiger partial charge in [0.1, 0.15) is 17.6 Å². The number of nitrogens with one attached hydrogen (secondary N) is 1. The molecule has 8 nitrogen and oxygen atoms in total. The largest absolute Gasteiger partial charge is 0.497 e. The van der Waals surface area contributed by atoms with Crippen LogP contribution in [0.1, 0.15) is 35.8 Å². The van der Waals surface area contributed by atoms with Crippen LogP contribution in [0, 0.1) is 11.7 Å². The standard InChI is InChI=1S/C27H31FN4O4/c1-34-22-10-4-18(5-11-22)17-32-14-12-20(13-15-32)27(33)31-25(19-6-8-21(28)9-7-19)26-29-23(35-2)16-24(30-26)36-3/h4-11,16,20,25H,12-15,17H2,1-3H3,(H,31,33). The summed E-state index contributed by atoms with van der Waals surface area (Å²) in [7, 11) is 4.65. The first kappa shape index (κ1) is 25.4. The van der Waals surface area contributed by atoms with E-state index in [9.17, 15) is 9.18 Å². The summed E-state index contributed by atoms with van der Waals surface area (Å²) in [5, 5.41) is 3.09. The zero-order valence-corrected chi connectivity index (χ0v) is 20.7. The smallest absolute Gasteiger partial charge is 0.224 e. The quantitative estimate of drug-likeness (QED) is 0.485. The summed E-state index contributed by atoms with van der Waals surface area (Å²) in [4.78, 5) is 24.5. The number of carbonyl (C=O) groups excluding carboxylic acids is 1. The maximum Gasteiger partial charge on any atom is 0.224 e. The number of aromatic nitrogens is 2. The number of hydrogen-bond acceptors (Lipinski definition) is 7. The summed E-state index contributed by atoms with van der Waals surface area (Å²) in [6.07, 6.45) is 1.47.